The van der Waals surface area contributed by atoms with E-state index in [4.69, 9.17) is 4.74 Å². The van der Waals surface area contributed by atoms with E-state index in [0.717, 1.165) is 41.6 Å². The zero-order valence-electron chi connectivity index (χ0n) is 10.3. The van der Waals surface area contributed by atoms with E-state index in [1.165, 1.54) is 11.3 Å². The van der Waals surface area contributed by atoms with Crippen LogP contribution in [0.1, 0.15) is 33.2 Å². The first kappa shape index (κ1) is 12.5. The first-order chi connectivity index (χ1) is 8.16. The van der Waals surface area contributed by atoms with E-state index in [9.17, 15) is 4.79 Å². The molecular weight excluding hydrogens is 236 g/mol. The Hall–Kier alpha value is -0.940. The summed E-state index contributed by atoms with van der Waals surface area (Å²) in [5.74, 6) is 0.459. The molecule has 1 saturated heterocycles. The van der Waals surface area contributed by atoms with Gasteiger partial charge in [0.15, 0.2) is 0 Å². The summed E-state index contributed by atoms with van der Waals surface area (Å²) in [6, 6.07) is 0. The van der Waals surface area contributed by atoms with Gasteiger partial charge in [-0.3, -0.25) is 4.79 Å². The number of nitrogens with zero attached hydrogens (tertiary/aromatic N) is 1. The quantitative estimate of drug-likeness (QED) is 0.896. The Kier molecular flexibility index (Phi) is 4.12. The number of carbonyl (C=O) groups excluding carboxylic acids is 1. The standard InChI is InChI=1S/C12H18N2O2S/c1-8-11(17-9(2)14-8)12(15)13-6-10-4-3-5-16-7-10/h10H,3-7H2,1-2H3,(H,13,15). The number of aryl methyl sites for hydroxylation is 2. The largest absolute Gasteiger partial charge is 0.381 e. The number of nitrogens with one attached hydrogen (secondary N) is 1. The summed E-state index contributed by atoms with van der Waals surface area (Å²) in [4.78, 5) is 16.9. The third-order valence-electron chi connectivity index (χ3n) is 2.92. The predicted molar refractivity (Wildman–Crippen MR) is 67.5 cm³/mol. The summed E-state index contributed by atoms with van der Waals surface area (Å²) in [5, 5.41) is 3.91. The average molecular weight is 254 g/mol. The van der Waals surface area contributed by atoms with Crippen molar-refractivity contribution >= 4 is 17.2 Å². The smallest absolute Gasteiger partial charge is 0.263 e. The van der Waals surface area contributed by atoms with E-state index in [2.05, 4.69) is 10.3 Å². The second-order valence-electron chi connectivity index (χ2n) is 4.44. The van der Waals surface area contributed by atoms with Gasteiger partial charge >= 0.3 is 0 Å². The molecule has 0 radical (unpaired) electrons. The molecule has 1 unspecified atom stereocenters. The third kappa shape index (κ3) is 3.26. The zero-order valence-corrected chi connectivity index (χ0v) is 11.1. The number of ether oxygens (including phenoxy) is 1. The fourth-order valence-electron chi connectivity index (χ4n) is 2.03. The SMILES string of the molecule is Cc1nc(C)c(C(=O)NCC2CCCOC2)s1. The second-order valence-corrected chi connectivity index (χ2v) is 5.64. The molecule has 0 saturated carbocycles. The molecule has 2 rings (SSSR count). The lowest BCUT2D eigenvalue weighted by Gasteiger charge is -2.22. The predicted octanol–water partition coefficient (Wildman–Crippen LogP) is 1.92. The van der Waals surface area contributed by atoms with Gasteiger partial charge in [-0.25, -0.2) is 4.98 Å². The fourth-order valence-corrected chi connectivity index (χ4v) is 2.86. The van der Waals surface area contributed by atoms with Gasteiger partial charge in [0.2, 0.25) is 0 Å². The van der Waals surface area contributed by atoms with Crippen LogP contribution < -0.4 is 5.32 Å². The molecule has 1 aromatic heterocycles. The summed E-state index contributed by atoms with van der Waals surface area (Å²) in [6.07, 6.45) is 2.24. The van der Waals surface area contributed by atoms with Crippen LogP contribution in [0.3, 0.4) is 0 Å². The van der Waals surface area contributed by atoms with E-state index in [1.54, 1.807) is 0 Å². The van der Waals surface area contributed by atoms with Crippen molar-refractivity contribution in [2.45, 2.75) is 26.7 Å². The molecule has 1 aromatic rings. The molecule has 94 valence electrons. The van der Waals surface area contributed by atoms with Crippen LogP contribution in [-0.2, 0) is 4.74 Å². The van der Waals surface area contributed by atoms with E-state index in [-0.39, 0.29) is 5.91 Å². The van der Waals surface area contributed by atoms with Gasteiger partial charge in [-0.2, -0.15) is 0 Å². The van der Waals surface area contributed by atoms with E-state index >= 15 is 0 Å². The molecule has 0 aromatic carbocycles. The highest BCUT2D eigenvalue weighted by Gasteiger charge is 2.17. The zero-order chi connectivity index (χ0) is 12.3. The Morgan fingerprint density at radius 3 is 3.00 bits per heavy atom. The molecule has 2 heterocycles. The molecule has 5 heteroatoms. The number of thiazole rings is 1. The van der Waals surface area contributed by atoms with Crippen LogP contribution in [0.25, 0.3) is 0 Å². The molecule has 4 nitrogen and oxygen atoms in total. The summed E-state index contributed by atoms with van der Waals surface area (Å²) in [7, 11) is 0. The number of amides is 1. The van der Waals surface area contributed by atoms with Crippen LogP contribution in [0.15, 0.2) is 0 Å². The van der Waals surface area contributed by atoms with E-state index < -0.39 is 0 Å². The number of aromatic nitrogens is 1. The van der Waals surface area contributed by atoms with Gasteiger partial charge in [0.05, 0.1) is 17.3 Å². The molecule has 0 aliphatic carbocycles. The Bertz CT molecular complexity index is 397. The van der Waals surface area contributed by atoms with Crippen molar-refractivity contribution in [3.63, 3.8) is 0 Å². The molecule has 1 atom stereocenters. The second kappa shape index (κ2) is 5.60. The van der Waals surface area contributed by atoms with Crippen molar-refractivity contribution < 1.29 is 9.53 Å². The van der Waals surface area contributed by atoms with E-state index in [0.29, 0.717) is 12.5 Å². The molecule has 17 heavy (non-hydrogen) atoms. The molecule has 1 N–H and O–H groups in total. The Morgan fingerprint density at radius 2 is 2.41 bits per heavy atom. The van der Waals surface area contributed by atoms with Gasteiger partial charge in [0.1, 0.15) is 4.88 Å². The first-order valence-electron chi connectivity index (χ1n) is 5.97. The summed E-state index contributed by atoms with van der Waals surface area (Å²) >= 11 is 1.45. The maximum atomic E-state index is 11.9. The van der Waals surface area contributed by atoms with Crippen molar-refractivity contribution in [3.05, 3.63) is 15.6 Å². The van der Waals surface area contributed by atoms with Gasteiger partial charge in [0.25, 0.3) is 5.91 Å². The molecule has 1 amide bonds. The Labute approximate surface area is 105 Å². The summed E-state index contributed by atoms with van der Waals surface area (Å²) < 4.78 is 5.39. The number of rotatable bonds is 3. The van der Waals surface area contributed by atoms with E-state index in [1.807, 2.05) is 13.8 Å². The third-order valence-corrected chi connectivity index (χ3v) is 3.99. The molecule has 1 aliphatic rings. The van der Waals surface area contributed by atoms with Gasteiger partial charge in [0, 0.05) is 13.2 Å². The highest BCUT2D eigenvalue weighted by molar-refractivity contribution is 7.13. The van der Waals surface area contributed by atoms with Crippen molar-refractivity contribution in [1.82, 2.24) is 10.3 Å². The minimum absolute atomic E-state index is 0.00123. The summed E-state index contributed by atoms with van der Waals surface area (Å²) in [5.41, 5.74) is 0.824. The Balaban J connectivity index is 1.86. The molecular formula is C12H18N2O2S. The van der Waals surface area contributed by atoms with Crippen LogP contribution in [0, 0.1) is 19.8 Å². The minimum Gasteiger partial charge on any atom is -0.381 e. The monoisotopic (exact) mass is 254 g/mol. The lowest BCUT2D eigenvalue weighted by atomic mass is 10.0. The van der Waals surface area contributed by atoms with Crippen molar-refractivity contribution in [1.29, 1.82) is 0 Å². The normalized spacial score (nSPS) is 20.2. The van der Waals surface area contributed by atoms with Crippen molar-refractivity contribution in [2.24, 2.45) is 5.92 Å². The van der Waals surface area contributed by atoms with Gasteiger partial charge in [-0.15, -0.1) is 11.3 Å². The van der Waals surface area contributed by atoms with Gasteiger partial charge in [-0.1, -0.05) is 0 Å². The van der Waals surface area contributed by atoms with Gasteiger partial charge in [-0.05, 0) is 32.6 Å². The van der Waals surface area contributed by atoms with Crippen molar-refractivity contribution in [3.8, 4) is 0 Å². The molecule has 1 aliphatic heterocycles. The topological polar surface area (TPSA) is 51.2 Å². The lowest BCUT2D eigenvalue weighted by molar-refractivity contribution is 0.0536. The highest BCUT2D eigenvalue weighted by atomic mass is 32.1. The Morgan fingerprint density at radius 1 is 1.59 bits per heavy atom. The van der Waals surface area contributed by atoms with Crippen LogP contribution in [0.4, 0.5) is 0 Å². The molecule has 1 fully saturated rings. The maximum Gasteiger partial charge on any atom is 0.263 e. The highest BCUT2D eigenvalue weighted by Crippen LogP contribution is 2.17. The lowest BCUT2D eigenvalue weighted by Crippen LogP contribution is -2.33. The molecule has 0 bridgehead atoms. The fraction of sp³-hybridized carbons (Fsp3) is 0.667. The van der Waals surface area contributed by atoms with Crippen LogP contribution >= 0.6 is 11.3 Å². The summed E-state index contributed by atoms with van der Waals surface area (Å²) in [6.45, 7) is 6.12. The number of hydrogen-bond acceptors (Lipinski definition) is 4. The van der Waals surface area contributed by atoms with Crippen LogP contribution in [-0.4, -0.2) is 30.6 Å². The number of hydrogen-bond donors (Lipinski definition) is 1. The molecule has 0 spiro atoms. The van der Waals surface area contributed by atoms with Crippen molar-refractivity contribution in [2.75, 3.05) is 19.8 Å². The van der Waals surface area contributed by atoms with Crippen LogP contribution in [0.2, 0.25) is 0 Å². The minimum atomic E-state index is -0.00123. The van der Waals surface area contributed by atoms with Crippen LogP contribution in [0.5, 0.6) is 0 Å². The first-order valence-corrected chi connectivity index (χ1v) is 6.78. The number of carbonyl (C=O) groups is 1. The van der Waals surface area contributed by atoms with Gasteiger partial charge < -0.3 is 10.1 Å². The maximum absolute atomic E-state index is 11.9. The average Bonchev–Trinajstić information content (AvgIpc) is 2.67.